The Bertz CT molecular complexity index is 524. The first-order valence-corrected chi connectivity index (χ1v) is 7.40. The highest BCUT2D eigenvalue weighted by molar-refractivity contribution is 5.95. The van der Waals surface area contributed by atoms with Crippen LogP contribution in [0.3, 0.4) is 0 Å². The van der Waals surface area contributed by atoms with E-state index in [0.29, 0.717) is 25.3 Å². The molecule has 1 aromatic rings. The van der Waals surface area contributed by atoms with Gasteiger partial charge in [-0.2, -0.15) is 5.10 Å². The van der Waals surface area contributed by atoms with E-state index in [2.05, 4.69) is 10.4 Å². The lowest BCUT2D eigenvalue weighted by Crippen LogP contribution is -2.43. The van der Waals surface area contributed by atoms with Gasteiger partial charge >= 0.3 is 0 Å². The average molecular weight is 294 g/mol. The lowest BCUT2D eigenvalue weighted by molar-refractivity contribution is 0.0325. The van der Waals surface area contributed by atoms with Crippen LogP contribution in [0.2, 0.25) is 0 Å². The molecule has 1 aromatic heterocycles. The molecule has 0 bridgehead atoms. The maximum absolute atomic E-state index is 12.7. The van der Waals surface area contributed by atoms with Crippen molar-refractivity contribution in [1.29, 1.82) is 0 Å². The van der Waals surface area contributed by atoms with E-state index < -0.39 is 0 Å². The Morgan fingerprint density at radius 2 is 2.43 bits per heavy atom. The van der Waals surface area contributed by atoms with Gasteiger partial charge in [0, 0.05) is 20.1 Å². The molecule has 0 atom stereocenters. The van der Waals surface area contributed by atoms with Gasteiger partial charge in [-0.1, -0.05) is 0 Å². The number of aromatic nitrogens is 2. The lowest BCUT2D eigenvalue weighted by Gasteiger charge is -2.28. The monoisotopic (exact) mass is 294 g/mol. The summed E-state index contributed by atoms with van der Waals surface area (Å²) in [5.74, 6) is 0.00467. The van der Waals surface area contributed by atoms with Crippen LogP contribution in [-0.2, 0) is 17.8 Å². The first kappa shape index (κ1) is 14.5. The number of rotatable bonds is 6. The van der Waals surface area contributed by atoms with Crippen LogP contribution in [0.5, 0.6) is 0 Å². The fourth-order valence-electron chi connectivity index (χ4n) is 2.80. The van der Waals surface area contributed by atoms with E-state index >= 15 is 0 Å². The Hall–Kier alpha value is -1.44. The van der Waals surface area contributed by atoms with Crippen LogP contribution in [0.15, 0.2) is 6.20 Å². The number of nitrogens with one attached hydrogen (secondary N) is 1. The summed E-state index contributed by atoms with van der Waals surface area (Å²) in [6.07, 6.45) is 3.57. The van der Waals surface area contributed by atoms with E-state index in [9.17, 15) is 4.79 Å². The van der Waals surface area contributed by atoms with E-state index in [0.717, 1.165) is 31.6 Å². The van der Waals surface area contributed by atoms with Gasteiger partial charge in [0.15, 0.2) is 0 Å². The van der Waals surface area contributed by atoms with Gasteiger partial charge < -0.3 is 20.1 Å². The molecule has 116 valence electrons. The number of likely N-dealkylation sites (N-methyl/N-ethyl adjacent to an activating group) is 1. The molecule has 0 saturated heterocycles. The minimum Gasteiger partial charge on any atom is -0.394 e. The van der Waals surface area contributed by atoms with E-state index in [4.69, 9.17) is 9.84 Å². The Labute approximate surface area is 123 Å². The van der Waals surface area contributed by atoms with Crippen LogP contribution < -0.4 is 5.32 Å². The molecular formula is C14H22N4O3. The van der Waals surface area contributed by atoms with Crippen LogP contribution in [0.4, 0.5) is 0 Å². The number of ether oxygens (including phenoxy) is 1. The van der Waals surface area contributed by atoms with Gasteiger partial charge in [0.25, 0.3) is 5.91 Å². The van der Waals surface area contributed by atoms with Gasteiger partial charge in [0.05, 0.1) is 49.4 Å². The molecule has 1 saturated carbocycles. The SMILES string of the molecule is CN(C(=O)c1cnn2c1CNCC2)C1(COCCO)CC1. The summed E-state index contributed by atoms with van der Waals surface area (Å²) in [6, 6.07) is 0. The molecule has 0 aromatic carbocycles. The number of hydrogen-bond acceptors (Lipinski definition) is 5. The summed E-state index contributed by atoms with van der Waals surface area (Å²) in [4.78, 5) is 14.5. The van der Waals surface area contributed by atoms with Gasteiger partial charge in [-0.25, -0.2) is 0 Å². The van der Waals surface area contributed by atoms with Crippen molar-refractivity contribution in [3.05, 3.63) is 17.5 Å². The average Bonchev–Trinajstić information content (AvgIpc) is 3.17. The first-order chi connectivity index (χ1) is 10.2. The molecular weight excluding hydrogens is 272 g/mol. The topological polar surface area (TPSA) is 79.6 Å². The number of nitrogens with zero attached hydrogens (tertiary/aromatic N) is 3. The molecule has 1 aliphatic heterocycles. The summed E-state index contributed by atoms with van der Waals surface area (Å²) < 4.78 is 7.34. The van der Waals surface area contributed by atoms with E-state index in [-0.39, 0.29) is 18.1 Å². The summed E-state index contributed by atoms with van der Waals surface area (Å²) in [5.41, 5.74) is 1.44. The predicted octanol–water partition coefficient (Wildman–Crippen LogP) is -0.400. The smallest absolute Gasteiger partial charge is 0.257 e. The maximum Gasteiger partial charge on any atom is 0.257 e. The number of aliphatic hydroxyl groups is 1. The van der Waals surface area contributed by atoms with Gasteiger partial charge in [0.1, 0.15) is 0 Å². The van der Waals surface area contributed by atoms with Crippen molar-refractivity contribution in [3.63, 3.8) is 0 Å². The number of carbonyl (C=O) groups is 1. The third kappa shape index (κ3) is 2.68. The summed E-state index contributed by atoms with van der Waals surface area (Å²) in [7, 11) is 1.83. The van der Waals surface area contributed by atoms with Gasteiger partial charge in [-0.05, 0) is 12.8 Å². The molecule has 2 N–H and O–H groups in total. The molecule has 7 nitrogen and oxygen atoms in total. The highest BCUT2D eigenvalue weighted by atomic mass is 16.5. The molecule has 0 spiro atoms. The van der Waals surface area contributed by atoms with E-state index in [1.165, 1.54) is 0 Å². The van der Waals surface area contributed by atoms with E-state index in [1.807, 2.05) is 11.7 Å². The Balaban J connectivity index is 1.71. The summed E-state index contributed by atoms with van der Waals surface area (Å²) in [5, 5.41) is 16.4. The van der Waals surface area contributed by atoms with Crippen molar-refractivity contribution >= 4 is 5.91 Å². The fourth-order valence-corrected chi connectivity index (χ4v) is 2.80. The van der Waals surface area contributed by atoms with Crippen molar-refractivity contribution in [1.82, 2.24) is 20.0 Å². The Morgan fingerprint density at radius 3 is 3.14 bits per heavy atom. The van der Waals surface area contributed by atoms with E-state index in [1.54, 1.807) is 11.1 Å². The molecule has 1 fully saturated rings. The Kier molecular flexibility index (Phi) is 3.97. The minimum absolute atomic E-state index is 0.00467. The van der Waals surface area contributed by atoms with Crippen LogP contribution in [0, 0.1) is 0 Å². The van der Waals surface area contributed by atoms with Crippen LogP contribution in [-0.4, -0.2) is 64.6 Å². The maximum atomic E-state index is 12.7. The number of aliphatic hydroxyl groups excluding tert-OH is 1. The Morgan fingerprint density at radius 1 is 1.62 bits per heavy atom. The largest absolute Gasteiger partial charge is 0.394 e. The third-order valence-electron chi connectivity index (χ3n) is 4.42. The highest BCUT2D eigenvalue weighted by Gasteiger charge is 2.49. The van der Waals surface area contributed by atoms with Gasteiger partial charge in [-0.15, -0.1) is 0 Å². The molecule has 21 heavy (non-hydrogen) atoms. The highest BCUT2D eigenvalue weighted by Crippen LogP contribution is 2.42. The number of carbonyl (C=O) groups excluding carboxylic acids is 1. The number of amides is 1. The second-order valence-corrected chi connectivity index (χ2v) is 5.77. The van der Waals surface area contributed by atoms with Crippen molar-refractivity contribution in [2.45, 2.75) is 31.5 Å². The summed E-state index contributed by atoms with van der Waals surface area (Å²) >= 11 is 0. The number of fused-ring (bicyclic) bond motifs is 1. The third-order valence-corrected chi connectivity index (χ3v) is 4.42. The zero-order valence-corrected chi connectivity index (χ0v) is 12.3. The molecule has 2 aliphatic rings. The second kappa shape index (κ2) is 5.75. The van der Waals surface area contributed by atoms with Gasteiger partial charge in [0.2, 0.25) is 0 Å². The minimum atomic E-state index is -0.205. The van der Waals surface area contributed by atoms with Gasteiger partial charge in [-0.3, -0.25) is 9.48 Å². The second-order valence-electron chi connectivity index (χ2n) is 5.77. The molecule has 0 unspecified atom stereocenters. The number of hydrogen-bond donors (Lipinski definition) is 2. The van der Waals surface area contributed by atoms with Crippen LogP contribution >= 0.6 is 0 Å². The normalized spacial score (nSPS) is 19.1. The fraction of sp³-hybridized carbons (Fsp3) is 0.714. The molecule has 1 aliphatic carbocycles. The molecule has 3 rings (SSSR count). The zero-order valence-electron chi connectivity index (χ0n) is 12.3. The van der Waals surface area contributed by atoms with Crippen LogP contribution in [0.1, 0.15) is 28.9 Å². The standard InChI is InChI=1S/C14H22N4O3/c1-17(14(2-3-14)10-21-7-6-19)13(20)11-8-16-18-5-4-15-9-12(11)18/h8,15,19H,2-7,9-10H2,1H3. The summed E-state index contributed by atoms with van der Waals surface area (Å²) in [6.45, 7) is 3.18. The molecule has 7 heteroatoms. The predicted molar refractivity (Wildman–Crippen MR) is 75.9 cm³/mol. The first-order valence-electron chi connectivity index (χ1n) is 7.40. The zero-order chi connectivity index (χ0) is 14.9. The molecule has 2 heterocycles. The van der Waals surface area contributed by atoms with Crippen LogP contribution in [0.25, 0.3) is 0 Å². The van der Waals surface area contributed by atoms with Crippen molar-refractivity contribution in [2.24, 2.45) is 0 Å². The molecule has 1 amide bonds. The quantitative estimate of drug-likeness (QED) is 0.698. The van der Waals surface area contributed by atoms with Crippen molar-refractivity contribution in [3.8, 4) is 0 Å². The van der Waals surface area contributed by atoms with Crippen molar-refractivity contribution < 1.29 is 14.6 Å². The van der Waals surface area contributed by atoms with Crippen molar-refractivity contribution in [2.75, 3.05) is 33.4 Å². The molecule has 0 radical (unpaired) electrons. The lowest BCUT2D eigenvalue weighted by atomic mass is 10.1.